The second kappa shape index (κ2) is 3.81. The molecular weight excluding hydrogens is 202 g/mol. The van der Waals surface area contributed by atoms with E-state index < -0.39 is 0 Å². The standard InChI is InChI=1S/C13H17NO2/c1-13(2)11(8-12(15)14-13)9-4-6-10(16-3)7-5-9/h4-7,11H,8H2,1-3H3,(H,14,15)/t11-/m1/s1. The van der Waals surface area contributed by atoms with Crippen molar-refractivity contribution in [2.75, 3.05) is 7.11 Å². The predicted molar refractivity (Wildman–Crippen MR) is 62.6 cm³/mol. The summed E-state index contributed by atoms with van der Waals surface area (Å²) in [5.41, 5.74) is 1.02. The van der Waals surface area contributed by atoms with Crippen LogP contribution >= 0.6 is 0 Å². The molecule has 1 amide bonds. The maximum absolute atomic E-state index is 11.4. The van der Waals surface area contributed by atoms with Crippen molar-refractivity contribution in [3.63, 3.8) is 0 Å². The van der Waals surface area contributed by atoms with Crippen molar-refractivity contribution in [1.82, 2.24) is 5.32 Å². The second-order valence-corrected chi connectivity index (χ2v) is 4.80. The van der Waals surface area contributed by atoms with Crippen LogP contribution in [-0.2, 0) is 4.79 Å². The maximum atomic E-state index is 11.4. The van der Waals surface area contributed by atoms with Gasteiger partial charge in [0, 0.05) is 17.9 Å². The highest BCUT2D eigenvalue weighted by Gasteiger charge is 2.39. The molecular formula is C13H17NO2. The lowest BCUT2D eigenvalue weighted by molar-refractivity contribution is -0.119. The Labute approximate surface area is 95.8 Å². The molecule has 1 aliphatic heterocycles. The number of benzene rings is 1. The molecule has 3 nitrogen and oxygen atoms in total. The lowest BCUT2D eigenvalue weighted by Crippen LogP contribution is -2.38. The Morgan fingerprint density at radius 3 is 2.38 bits per heavy atom. The molecule has 1 aliphatic rings. The van der Waals surface area contributed by atoms with Crippen molar-refractivity contribution in [2.45, 2.75) is 31.7 Å². The third kappa shape index (κ3) is 1.90. The number of ether oxygens (including phenoxy) is 1. The zero-order valence-electron chi connectivity index (χ0n) is 9.91. The topological polar surface area (TPSA) is 38.3 Å². The van der Waals surface area contributed by atoms with Gasteiger partial charge in [-0.2, -0.15) is 0 Å². The third-order valence-electron chi connectivity index (χ3n) is 3.24. The summed E-state index contributed by atoms with van der Waals surface area (Å²) < 4.78 is 5.12. The normalized spacial score (nSPS) is 22.9. The molecule has 0 spiro atoms. The van der Waals surface area contributed by atoms with Crippen molar-refractivity contribution in [2.24, 2.45) is 0 Å². The largest absolute Gasteiger partial charge is 0.497 e. The molecule has 0 radical (unpaired) electrons. The fourth-order valence-corrected chi connectivity index (χ4v) is 2.31. The average molecular weight is 219 g/mol. The summed E-state index contributed by atoms with van der Waals surface area (Å²) in [5.74, 6) is 1.22. The van der Waals surface area contributed by atoms with Gasteiger partial charge in [0.25, 0.3) is 0 Å². The molecule has 0 aliphatic carbocycles. The number of carbonyl (C=O) groups is 1. The van der Waals surface area contributed by atoms with Crippen LogP contribution in [0, 0.1) is 0 Å². The molecule has 2 rings (SSSR count). The first kappa shape index (κ1) is 11.0. The number of hydrogen-bond donors (Lipinski definition) is 1. The quantitative estimate of drug-likeness (QED) is 0.827. The first-order valence-electron chi connectivity index (χ1n) is 5.48. The molecule has 86 valence electrons. The van der Waals surface area contributed by atoms with E-state index >= 15 is 0 Å². The van der Waals surface area contributed by atoms with E-state index in [0.29, 0.717) is 6.42 Å². The van der Waals surface area contributed by atoms with Crippen LogP contribution in [0.25, 0.3) is 0 Å². The molecule has 3 heteroatoms. The maximum Gasteiger partial charge on any atom is 0.221 e. The third-order valence-corrected chi connectivity index (χ3v) is 3.24. The number of methoxy groups -OCH3 is 1. The minimum absolute atomic E-state index is 0.130. The van der Waals surface area contributed by atoms with Crippen LogP contribution in [0.3, 0.4) is 0 Å². The molecule has 1 fully saturated rings. The molecule has 1 saturated heterocycles. The number of amides is 1. The smallest absolute Gasteiger partial charge is 0.221 e. The molecule has 1 N–H and O–H groups in total. The van der Waals surface area contributed by atoms with Crippen molar-refractivity contribution in [1.29, 1.82) is 0 Å². The van der Waals surface area contributed by atoms with E-state index in [-0.39, 0.29) is 17.4 Å². The van der Waals surface area contributed by atoms with E-state index in [9.17, 15) is 4.79 Å². The molecule has 0 aromatic heterocycles. The summed E-state index contributed by atoms with van der Waals surface area (Å²) in [4.78, 5) is 11.4. The first-order chi connectivity index (χ1) is 7.53. The van der Waals surface area contributed by atoms with E-state index in [1.165, 1.54) is 5.56 Å². The Bertz CT molecular complexity index is 395. The summed E-state index contributed by atoms with van der Waals surface area (Å²) in [6.07, 6.45) is 0.569. The van der Waals surface area contributed by atoms with Gasteiger partial charge in [-0.25, -0.2) is 0 Å². The SMILES string of the molecule is COc1ccc([C@H]2CC(=O)NC2(C)C)cc1. The van der Waals surface area contributed by atoms with Gasteiger partial charge in [-0.15, -0.1) is 0 Å². The zero-order valence-corrected chi connectivity index (χ0v) is 9.91. The molecule has 1 aromatic carbocycles. The van der Waals surface area contributed by atoms with Crippen LogP contribution in [0.4, 0.5) is 0 Å². The summed E-state index contributed by atoms with van der Waals surface area (Å²) in [6, 6.07) is 7.94. The Balaban J connectivity index is 2.26. The van der Waals surface area contributed by atoms with Gasteiger partial charge in [-0.05, 0) is 31.5 Å². The van der Waals surface area contributed by atoms with Crippen LogP contribution in [0.5, 0.6) is 5.75 Å². The molecule has 16 heavy (non-hydrogen) atoms. The minimum Gasteiger partial charge on any atom is -0.497 e. The summed E-state index contributed by atoms with van der Waals surface area (Å²) in [6.45, 7) is 4.12. The Morgan fingerprint density at radius 1 is 1.31 bits per heavy atom. The fourth-order valence-electron chi connectivity index (χ4n) is 2.31. The van der Waals surface area contributed by atoms with Gasteiger partial charge in [0.05, 0.1) is 7.11 Å². The highest BCUT2D eigenvalue weighted by atomic mass is 16.5. The zero-order chi connectivity index (χ0) is 11.8. The number of hydrogen-bond acceptors (Lipinski definition) is 2. The summed E-state index contributed by atoms with van der Waals surface area (Å²) in [7, 11) is 1.65. The molecule has 1 heterocycles. The minimum atomic E-state index is -0.161. The van der Waals surface area contributed by atoms with Crippen LogP contribution in [-0.4, -0.2) is 18.6 Å². The van der Waals surface area contributed by atoms with E-state index in [1.54, 1.807) is 7.11 Å². The monoisotopic (exact) mass is 219 g/mol. The van der Waals surface area contributed by atoms with Gasteiger partial charge >= 0.3 is 0 Å². The van der Waals surface area contributed by atoms with Crippen LogP contribution in [0.2, 0.25) is 0 Å². The predicted octanol–water partition coefficient (Wildman–Crippen LogP) is 2.08. The van der Waals surface area contributed by atoms with Gasteiger partial charge < -0.3 is 10.1 Å². The van der Waals surface area contributed by atoms with Gasteiger partial charge in [0.2, 0.25) is 5.91 Å². The highest BCUT2D eigenvalue weighted by molar-refractivity contribution is 5.81. The second-order valence-electron chi connectivity index (χ2n) is 4.80. The van der Waals surface area contributed by atoms with Gasteiger partial charge in [0.1, 0.15) is 5.75 Å². The molecule has 0 saturated carbocycles. The van der Waals surface area contributed by atoms with Crippen molar-refractivity contribution in [3.05, 3.63) is 29.8 Å². The first-order valence-corrected chi connectivity index (χ1v) is 5.48. The van der Waals surface area contributed by atoms with E-state index in [2.05, 4.69) is 19.2 Å². The molecule has 0 unspecified atom stereocenters. The Morgan fingerprint density at radius 2 is 1.94 bits per heavy atom. The Hall–Kier alpha value is -1.51. The number of nitrogens with one attached hydrogen (secondary N) is 1. The fraction of sp³-hybridized carbons (Fsp3) is 0.462. The van der Waals surface area contributed by atoms with Crippen molar-refractivity contribution in [3.8, 4) is 5.75 Å². The lowest BCUT2D eigenvalue weighted by atomic mass is 9.83. The van der Waals surface area contributed by atoms with Crippen LogP contribution < -0.4 is 10.1 Å². The number of carbonyl (C=O) groups excluding carboxylic acids is 1. The van der Waals surface area contributed by atoms with Gasteiger partial charge in [-0.3, -0.25) is 4.79 Å². The summed E-state index contributed by atoms with van der Waals surface area (Å²) in [5, 5.41) is 3.00. The molecule has 1 atom stereocenters. The average Bonchev–Trinajstić information content (AvgIpc) is 2.52. The highest BCUT2D eigenvalue weighted by Crippen LogP contribution is 2.36. The van der Waals surface area contributed by atoms with E-state index in [4.69, 9.17) is 4.74 Å². The molecule has 0 bridgehead atoms. The lowest BCUT2D eigenvalue weighted by Gasteiger charge is -2.26. The van der Waals surface area contributed by atoms with Gasteiger partial charge in [-0.1, -0.05) is 12.1 Å². The summed E-state index contributed by atoms with van der Waals surface area (Å²) >= 11 is 0. The number of rotatable bonds is 2. The van der Waals surface area contributed by atoms with Gasteiger partial charge in [0.15, 0.2) is 0 Å². The van der Waals surface area contributed by atoms with Crippen LogP contribution in [0.15, 0.2) is 24.3 Å². The van der Waals surface area contributed by atoms with E-state index in [1.807, 2.05) is 24.3 Å². The van der Waals surface area contributed by atoms with Crippen molar-refractivity contribution >= 4 is 5.91 Å². The van der Waals surface area contributed by atoms with E-state index in [0.717, 1.165) is 5.75 Å². The Kier molecular flexibility index (Phi) is 2.62. The van der Waals surface area contributed by atoms with Crippen LogP contribution in [0.1, 0.15) is 31.7 Å². The van der Waals surface area contributed by atoms with Crippen molar-refractivity contribution < 1.29 is 9.53 Å². The molecule has 1 aromatic rings.